The van der Waals surface area contributed by atoms with Gasteiger partial charge >= 0.3 is 5.69 Å². The van der Waals surface area contributed by atoms with E-state index in [1.165, 1.54) is 16.8 Å². The van der Waals surface area contributed by atoms with Crippen molar-refractivity contribution in [3.63, 3.8) is 0 Å². The molecule has 0 saturated heterocycles. The Balaban J connectivity index is 1.63. The van der Waals surface area contributed by atoms with E-state index in [1.807, 2.05) is 17.7 Å². The lowest BCUT2D eigenvalue weighted by Gasteiger charge is -2.16. The molecule has 0 N–H and O–H groups in total. The molecule has 10 heteroatoms. The molecule has 0 radical (unpaired) electrons. The maximum absolute atomic E-state index is 12.6. The van der Waals surface area contributed by atoms with Crippen molar-refractivity contribution in [1.82, 2.24) is 24.5 Å². The zero-order valence-electron chi connectivity index (χ0n) is 15.6. The first-order valence-electron chi connectivity index (χ1n) is 8.65. The normalized spacial score (nSPS) is 10.6. The van der Waals surface area contributed by atoms with Crippen molar-refractivity contribution in [3.8, 4) is 5.75 Å². The highest BCUT2D eigenvalue weighted by atomic mass is 16.6. The maximum Gasteiger partial charge on any atom is 0.311 e. The van der Waals surface area contributed by atoms with E-state index >= 15 is 0 Å². The minimum atomic E-state index is -0.511. The van der Waals surface area contributed by atoms with Crippen LogP contribution in [0, 0.1) is 10.1 Å². The summed E-state index contributed by atoms with van der Waals surface area (Å²) >= 11 is 0. The second-order valence-electron chi connectivity index (χ2n) is 6.04. The fraction of sp³-hybridized carbons (Fsp3) is 0.278. The van der Waals surface area contributed by atoms with Gasteiger partial charge in [-0.25, -0.2) is 4.68 Å². The second-order valence-corrected chi connectivity index (χ2v) is 6.04. The van der Waals surface area contributed by atoms with Gasteiger partial charge in [-0.15, -0.1) is 0 Å². The summed E-state index contributed by atoms with van der Waals surface area (Å²) in [6.45, 7) is 3.07. The largest absolute Gasteiger partial charge is 0.464 e. The number of nitro groups is 1. The van der Waals surface area contributed by atoms with E-state index < -0.39 is 4.92 Å². The van der Waals surface area contributed by atoms with Gasteiger partial charge in [0.25, 0.3) is 5.91 Å². The molecule has 1 aromatic carbocycles. The minimum Gasteiger partial charge on any atom is -0.464 e. The molecular formula is C18H20N6O4. The molecule has 0 saturated carbocycles. The van der Waals surface area contributed by atoms with Crippen molar-refractivity contribution in [3.05, 3.63) is 70.3 Å². The van der Waals surface area contributed by atoms with E-state index in [4.69, 9.17) is 4.74 Å². The highest BCUT2D eigenvalue weighted by Gasteiger charge is 2.17. The van der Waals surface area contributed by atoms with Crippen LogP contribution in [-0.2, 0) is 19.8 Å². The van der Waals surface area contributed by atoms with Gasteiger partial charge in [0, 0.05) is 32.1 Å². The number of nitro benzene ring substituents is 1. The predicted molar refractivity (Wildman–Crippen MR) is 99.6 cm³/mol. The number of hydrogen-bond donors (Lipinski definition) is 0. The Morgan fingerprint density at radius 3 is 2.82 bits per heavy atom. The summed E-state index contributed by atoms with van der Waals surface area (Å²) < 4.78 is 8.71. The van der Waals surface area contributed by atoms with Gasteiger partial charge in [0.2, 0.25) is 0 Å². The van der Waals surface area contributed by atoms with Crippen molar-refractivity contribution in [2.75, 3.05) is 7.05 Å². The number of hydrogen-bond acceptors (Lipinski definition) is 6. The van der Waals surface area contributed by atoms with E-state index in [1.54, 1.807) is 42.5 Å². The Morgan fingerprint density at radius 2 is 2.07 bits per heavy atom. The summed E-state index contributed by atoms with van der Waals surface area (Å²) in [6.07, 6.45) is 3.29. The predicted octanol–water partition coefficient (Wildman–Crippen LogP) is 2.32. The van der Waals surface area contributed by atoms with Crippen LogP contribution in [0.25, 0.3) is 0 Å². The molecule has 0 aliphatic carbocycles. The van der Waals surface area contributed by atoms with Gasteiger partial charge in [-0.3, -0.25) is 19.6 Å². The van der Waals surface area contributed by atoms with Crippen LogP contribution in [0.3, 0.4) is 0 Å². The number of ether oxygens (including phenoxy) is 1. The lowest BCUT2D eigenvalue weighted by molar-refractivity contribution is -0.386. The van der Waals surface area contributed by atoms with Gasteiger partial charge in [-0.05, 0) is 25.1 Å². The summed E-state index contributed by atoms with van der Waals surface area (Å²) in [6, 6.07) is 9.54. The SMILES string of the molecule is CCn1nccc1CN(C)C(=O)c1ccn(COc2ccccc2[N+](=O)[O-])n1. The molecule has 2 aromatic heterocycles. The molecule has 2 heterocycles. The summed E-state index contributed by atoms with van der Waals surface area (Å²) in [4.78, 5) is 24.7. The van der Waals surface area contributed by atoms with Crippen molar-refractivity contribution in [2.24, 2.45) is 0 Å². The average molecular weight is 384 g/mol. The van der Waals surface area contributed by atoms with Gasteiger partial charge in [0.05, 0.1) is 17.2 Å². The molecule has 3 rings (SSSR count). The molecule has 0 unspecified atom stereocenters. The number of aromatic nitrogens is 4. The Kier molecular flexibility index (Phi) is 5.68. The quantitative estimate of drug-likeness (QED) is 0.436. The molecule has 0 spiro atoms. The molecule has 0 bridgehead atoms. The van der Waals surface area contributed by atoms with Gasteiger partial charge in [-0.1, -0.05) is 12.1 Å². The van der Waals surface area contributed by atoms with E-state index in [0.29, 0.717) is 6.54 Å². The maximum atomic E-state index is 12.6. The third-order valence-corrected chi connectivity index (χ3v) is 4.12. The van der Waals surface area contributed by atoms with E-state index in [-0.39, 0.29) is 29.8 Å². The standard InChI is InChI=1S/C18H20N6O4/c1-3-23-14(8-10-19-23)12-21(2)18(25)15-9-11-22(20-15)13-28-17-7-5-4-6-16(17)24(26)27/h4-11H,3,12-13H2,1-2H3. The fourth-order valence-corrected chi connectivity index (χ4v) is 2.70. The number of aryl methyl sites for hydroxylation is 1. The number of carbonyl (C=O) groups is 1. The van der Waals surface area contributed by atoms with Crippen molar-refractivity contribution in [1.29, 1.82) is 0 Å². The monoisotopic (exact) mass is 384 g/mol. The first-order chi connectivity index (χ1) is 13.5. The van der Waals surface area contributed by atoms with Crippen LogP contribution in [0.1, 0.15) is 23.1 Å². The van der Waals surface area contributed by atoms with Gasteiger partial charge in [0.1, 0.15) is 0 Å². The van der Waals surface area contributed by atoms with Crippen LogP contribution in [0.15, 0.2) is 48.8 Å². The number of benzene rings is 1. The Bertz CT molecular complexity index is 980. The topological polar surface area (TPSA) is 108 Å². The van der Waals surface area contributed by atoms with E-state index in [9.17, 15) is 14.9 Å². The Morgan fingerprint density at radius 1 is 1.29 bits per heavy atom. The minimum absolute atomic E-state index is 0.0511. The summed E-state index contributed by atoms with van der Waals surface area (Å²) in [5.74, 6) is -0.103. The molecule has 3 aromatic rings. The molecule has 28 heavy (non-hydrogen) atoms. The molecule has 146 valence electrons. The number of carbonyl (C=O) groups excluding carboxylic acids is 1. The van der Waals surface area contributed by atoms with Gasteiger partial charge in [0.15, 0.2) is 18.2 Å². The lowest BCUT2D eigenvalue weighted by atomic mass is 10.3. The number of nitrogens with zero attached hydrogens (tertiary/aromatic N) is 6. The smallest absolute Gasteiger partial charge is 0.311 e. The lowest BCUT2D eigenvalue weighted by Crippen LogP contribution is -2.28. The summed E-state index contributed by atoms with van der Waals surface area (Å²) in [7, 11) is 1.69. The van der Waals surface area contributed by atoms with E-state index in [0.717, 1.165) is 12.2 Å². The van der Waals surface area contributed by atoms with Crippen molar-refractivity contribution >= 4 is 11.6 Å². The number of rotatable bonds is 8. The average Bonchev–Trinajstić information content (AvgIpc) is 3.35. The van der Waals surface area contributed by atoms with Crippen LogP contribution >= 0.6 is 0 Å². The molecular weight excluding hydrogens is 364 g/mol. The molecule has 0 aliphatic heterocycles. The third-order valence-electron chi connectivity index (χ3n) is 4.12. The first-order valence-corrected chi connectivity index (χ1v) is 8.65. The van der Waals surface area contributed by atoms with E-state index in [2.05, 4.69) is 10.2 Å². The van der Waals surface area contributed by atoms with Crippen LogP contribution in [0.2, 0.25) is 0 Å². The van der Waals surface area contributed by atoms with Crippen LogP contribution in [0.4, 0.5) is 5.69 Å². The number of para-hydroxylation sites is 2. The van der Waals surface area contributed by atoms with Crippen LogP contribution in [0.5, 0.6) is 5.75 Å². The fourth-order valence-electron chi connectivity index (χ4n) is 2.70. The van der Waals surface area contributed by atoms with Gasteiger partial charge < -0.3 is 9.64 Å². The Hall–Kier alpha value is -3.69. The highest BCUT2D eigenvalue weighted by Crippen LogP contribution is 2.25. The highest BCUT2D eigenvalue weighted by molar-refractivity contribution is 5.91. The molecule has 0 fully saturated rings. The second kappa shape index (κ2) is 8.33. The first kappa shape index (κ1) is 19.1. The molecule has 1 amide bonds. The zero-order valence-corrected chi connectivity index (χ0v) is 15.6. The van der Waals surface area contributed by atoms with Gasteiger partial charge in [-0.2, -0.15) is 10.2 Å². The van der Waals surface area contributed by atoms with Crippen LogP contribution in [-0.4, -0.2) is 42.3 Å². The molecule has 0 atom stereocenters. The zero-order chi connectivity index (χ0) is 20.1. The molecule has 0 aliphatic rings. The van der Waals surface area contributed by atoms with Crippen molar-refractivity contribution in [2.45, 2.75) is 26.7 Å². The molecule has 10 nitrogen and oxygen atoms in total. The summed E-state index contributed by atoms with van der Waals surface area (Å²) in [5.41, 5.74) is 1.06. The van der Waals surface area contributed by atoms with Crippen molar-refractivity contribution < 1.29 is 14.5 Å². The Labute approximate surface area is 161 Å². The van der Waals surface area contributed by atoms with Crippen LogP contribution < -0.4 is 4.74 Å². The number of amides is 1. The summed E-state index contributed by atoms with van der Waals surface area (Å²) in [5, 5.41) is 19.4. The third kappa shape index (κ3) is 4.17.